The van der Waals surface area contributed by atoms with E-state index in [1.165, 1.54) is 5.56 Å². The minimum Gasteiger partial charge on any atom is -0.259 e. The Morgan fingerprint density at radius 2 is 1.93 bits per heavy atom. The van der Waals surface area contributed by atoms with Gasteiger partial charge in [0.05, 0.1) is 0 Å². The van der Waals surface area contributed by atoms with Crippen LogP contribution in [0.3, 0.4) is 0 Å². The highest BCUT2D eigenvalue weighted by molar-refractivity contribution is 9.10. The minimum atomic E-state index is 0.109. The van der Waals surface area contributed by atoms with Crippen LogP contribution >= 0.6 is 27.5 Å². The quantitative estimate of drug-likeness (QED) is 0.746. The maximum Gasteiger partial charge on any atom is 0.0481 e. The highest BCUT2D eigenvalue weighted by Gasteiger charge is 2.23. The fourth-order valence-electron chi connectivity index (χ4n) is 1.96. The summed E-state index contributed by atoms with van der Waals surface area (Å²) in [5.74, 6) is 0.824. The second-order valence-corrected chi connectivity index (χ2v) is 5.91. The SMILES string of the molecule is Cc1cc(Br)cnc1C(C(C)C)C(C)Cl. The topological polar surface area (TPSA) is 12.9 Å². The van der Waals surface area contributed by atoms with Gasteiger partial charge in [-0.2, -0.15) is 0 Å². The number of aromatic nitrogens is 1. The highest BCUT2D eigenvalue weighted by atomic mass is 79.9. The molecule has 0 aliphatic rings. The lowest BCUT2D eigenvalue weighted by atomic mass is 9.87. The van der Waals surface area contributed by atoms with Gasteiger partial charge in [0.1, 0.15) is 0 Å². The summed E-state index contributed by atoms with van der Waals surface area (Å²) >= 11 is 9.66. The van der Waals surface area contributed by atoms with E-state index in [0.717, 1.165) is 10.2 Å². The molecule has 0 saturated carbocycles. The largest absolute Gasteiger partial charge is 0.259 e. The first kappa shape index (κ1) is 13.0. The van der Waals surface area contributed by atoms with E-state index in [0.29, 0.717) is 11.8 Å². The average molecular weight is 291 g/mol. The number of pyridine rings is 1. The number of rotatable bonds is 3. The molecule has 2 atom stereocenters. The van der Waals surface area contributed by atoms with E-state index < -0.39 is 0 Å². The zero-order chi connectivity index (χ0) is 11.6. The smallest absolute Gasteiger partial charge is 0.0481 e. The van der Waals surface area contributed by atoms with Crippen LogP contribution in [0.5, 0.6) is 0 Å². The lowest BCUT2D eigenvalue weighted by Crippen LogP contribution is -2.18. The first-order valence-electron chi connectivity index (χ1n) is 5.19. The summed E-state index contributed by atoms with van der Waals surface area (Å²) in [6.45, 7) is 8.50. The molecule has 2 unspecified atom stereocenters. The van der Waals surface area contributed by atoms with Crippen molar-refractivity contribution in [2.45, 2.75) is 39.0 Å². The van der Waals surface area contributed by atoms with Crippen molar-refractivity contribution in [3.8, 4) is 0 Å². The van der Waals surface area contributed by atoms with Crippen LogP contribution in [-0.4, -0.2) is 10.4 Å². The van der Waals surface area contributed by atoms with E-state index in [4.69, 9.17) is 11.6 Å². The second kappa shape index (κ2) is 5.31. The predicted molar refractivity (Wildman–Crippen MR) is 69.6 cm³/mol. The lowest BCUT2D eigenvalue weighted by molar-refractivity contribution is 0.478. The van der Waals surface area contributed by atoms with E-state index in [1.54, 1.807) is 0 Å². The molecule has 0 radical (unpaired) electrons. The summed E-state index contributed by atoms with van der Waals surface area (Å²) in [5.41, 5.74) is 2.33. The average Bonchev–Trinajstić information content (AvgIpc) is 2.08. The number of hydrogen-bond donors (Lipinski definition) is 0. The molecule has 3 heteroatoms. The zero-order valence-electron chi connectivity index (χ0n) is 9.59. The summed E-state index contributed by atoms with van der Waals surface area (Å²) in [6.07, 6.45) is 1.84. The van der Waals surface area contributed by atoms with Crippen LogP contribution in [-0.2, 0) is 0 Å². The summed E-state index contributed by atoms with van der Waals surface area (Å²) in [7, 11) is 0. The van der Waals surface area contributed by atoms with Crippen LogP contribution in [0, 0.1) is 12.8 Å². The maximum atomic E-state index is 6.23. The van der Waals surface area contributed by atoms with Crippen molar-refractivity contribution < 1.29 is 0 Å². The second-order valence-electron chi connectivity index (χ2n) is 4.30. The predicted octanol–water partition coefficient (Wildman–Crippen LogP) is 4.52. The molecule has 0 saturated heterocycles. The van der Waals surface area contributed by atoms with Crippen molar-refractivity contribution in [3.63, 3.8) is 0 Å². The molecule has 0 spiro atoms. The first-order chi connectivity index (χ1) is 6.93. The molecule has 1 rings (SSSR count). The van der Waals surface area contributed by atoms with Crippen molar-refractivity contribution >= 4 is 27.5 Å². The number of halogens is 2. The van der Waals surface area contributed by atoms with Gasteiger partial charge in [-0.25, -0.2) is 0 Å². The maximum absolute atomic E-state index is 6.23. The summed E-state index contributed by atoms with van der Waals surface area (Å²) in [6, 6.07) is 2.09. The van der Waals surface area contributed by atoms with Gasteiger partial charge in [-0.3, -0.25) is 4.98 Å². The Labute approximate surface area is 105 Å². The Morgan fingerprint density at radius 1 is 1.33 bits per heavy atom. The molecule has 0 N–H and O–H groups in total. The third kappa shape index (κ3) is 3.18. The van der Waals surface area contributed by atoms with Crippen molar-refractivity contribution in [1.82, 2.24) is 4.98 Å². The fourth-order valence-corrected chi connectivity index (χ4v) is 2.82. The van der Waals surface area contributed by atoms with Gasteiger partial charge in [0, 0.05) is 27.7 Å². The van der Waals surface area contributed by atoms with E-state index in [2.05, 4.69) is 47.8 Å². The summed E-state index contributed by atoms with van der Waals surface area (Å²) < 4.78 is 1.02. The van der Waals surface area contributed by atoms with Crippen molar-refractivity contribution in [1.29, 1.82) is 0 Å². The molecule has 15 heavy (non-hydrogen) atoms. The molecule has 1 aromatic rings. The van der Waals surface area contributed by atoms with E-state index in [1.807, 2.05) is 13.1 Å². The van der Waals surface area contributed by atoms with Crippen molar-refractivity contribution in [3.05, 3.63) is 28.0 Å². The Morgan fingerprint density at radius 3 is 2.33 bits per heavy atom. The van der Waals surface area contributed by atoms with Crippen LogP contribution < -0.4 is 0 Å². The van der Waals surface area contributed by atoms with Crippen molar-refractivity contribution in [2.75, 3.05) is 0 Å². The molecular weight excluding hydrogens is 273 g/mol. The molecule has 0 aliphatic carbocycles. The van der Waals surface area contributed by atoms with Crippen LogP contribution in [0.15, 0.2) is 16.7 Å². The minimum absolute atomic E-state index is 0.109. The molecule has 1 nitrogen and oxygen atoms in total. The Bertz CT molecular complexity index is 328. The van der Waals surface area contributed by atoms with Crippen molar-refractivity contribution in [2.24, 2.45) is 5.92 Å². The molecule has 1 heterocycles. The number of hydrogen-bond acceptors (Lipinski definition) is 1. The van der Waals surface area contributed by atoms with E-state index in [9.17, 15) is 0 Å². The van der Waals surface area contributed by atoms with Gasteiger partial charge < -0.3 is 0 Å². The van der Waals surface area contributed by atoms with Crippen LogP contribution in [0.25, 0.3) is 0 Å². The molecule has 0 fully saturated rings. The standard InChI is InChI=1S/C12H17BrClN/c1-7(2)11(9(4)14)12-8(3)5-10(13)6-15-12/h5-7,9,11H,1-4H3. The molecular formula is C12H17BrClN. The third-order valence-electron chi connectivity index (χ3n) is 2.61. The zero-order valence-corrected chi connectivity index (χ0v) is 11.9. The Kier molecular flexibility index (Phi) is 4.60. The Hall–Kier alpha value is -0.0800. The van der Waals surface area contributed by atoms with Gasteiger partial charge in [-0.05, 0) is 47.3 Å². The monoisotopic (exact) mass is 289 g/mol. The molecule has 0 amide bonds. The lowest BCUT2D eigenvalue weighted by Gasteiger charge is -2.24. The first-order valence-corrected chi connectivity index (χ1v) is 6.42. The van der Waals surface area contributed by atoms with Gasteiger partial charge >= 0.3 is 0 Å². The van der Waals surface area contributed by atoms with E-state index >= 15 is 0 Å². The van der Waals surface area contributed by atoms with E-state index in [-0.39, 0.29) is 5.38 Å². The van der Waals surface area contributed by atoms with Gasteiger partial charge in [0.25, 0.3) is 0 Å². The van der Waals surface area contributed by atoms with Crippen LogP contribution in [0.2, 0.25) is 0 Å². The van der Waals surface area contributed by atoms with Crippen LogP contribution in [0.4, 0.5) is 0 Å². The number of aryl methyl sites for hydroxylation is 1. The molecule has 0 bridgehead atoms. The summed E-state index contributed by atoms with van der Waals surface area (Å²) in [5, 5.41) is 0.109. The van der Waals surface area contributed by atoms with Gasteiger partial charge in [-0.15, -0.1) is 11.6 Å². The molecule has 84 valence electrons. The Balaban J connectivity index is 3.12. The molecule has 1 aromatic heterocycles. The number of nitrogens with zero attached hydrogens (tertiary/aromatic N) is 1. The normalized spacial score (nSPS) is 15.4. The van der Waals surface area contributed by atoms with Crippen LogP contribution in [0.1, 0.15) is 37.9 Å². The number of alkyl halides is 1. The molecule has 0 aromatic carbocycles. The highest BCUT2D eigenvalue weighted by Crippen LogP contribution is 2.32. The van der Waals surface area contributed by atoms with Gasteiger partial charge in [0.15, 0.2) is 0 Å². The van der Waals surface area contributed by atoms with Gasteiger partial charge in [-0.1, -0.05) is 13.8 Å². The summed E-state index contributed by atoms with van der Waals surface area (Å²) in [4.78, 5) is 4.49. The third-order valence-corrected chi connectivity index (χ3v) is 3.32. The van der Waals surface area contributed by atoms with Gasteiger partial charge in [0.2, 0.25) is 0 Å². The molecule has 0 aliphatic heterocycles. The fraction of sp³-hybridized carbons (Fsp3) is 0.583.